The number of carboxylic acid groups (broad SMARTS) is 1. The van der Waals surface area contributed by atoms with Gasteiger partial charge in [-0.2, -0.15) is 0 Å². The van der Waals surface area contributed by atoms with E-state index < -0.39 is 5.97 Å². The third-order valence-electron chi connectivity index (χ3n) is 2.81. The van der Waals surface area contributed by atoms with Crippen molar-refractivity contribution in [2.24, 2.45) is 16.5 Å². The highest BCUT2D eigenvalue weighted by Crippen LogP contribution is 2.10. The average Bonchev–Trinajstić information content (AvgIpc) is 2.35. The molecule has 6 heteroatoms. The molecule has 0 radical (unpaired) electrons. The third-order valence-corrected chi connectivity index (χ3v) is 2.81. The number of hydrogen-bond donors (Lipinski definition) is 3. The molecule has 0 saturated carbocycles. The number of rotatable bonds is 11. The van der Waals surface area contributed by atoms with E-state index in [0.29, 0.717) is 0 Å². The third kappa shape index (κ3) is 38.1. The van der Waals surface area contributed by atoms with Gasteiger partial charge in [-0.15, -0.1) is 12.4 Å². The number of nitrogens with zero attached hydrogens (tertiary/aromatic N) is 1. The van der Waals surface area contributed by atoms with Gasteiger partial charge >= 0.3 is 0 Å². The maximum Gasteiger partial charge on any atom is 0.300 e. The molecule has 128 valence electrons. The summed E-state index contributed by atoms with van der Waals surface area (Å²) in [7, 11) is 0. The van der Waals surface area contributed by atoms with Gasteiger partial charge < -0.3 is 16.6 Å². The number of unbranched alkanes of at least 4 members (excludes halogenated alkanes) is 9. The second-order valence-electron chi connectivity index (χ2n) is 5.01. The van der Waals surface area contributed by atoms with Crippen LogP contribution in [0.5, 0.6) is 0 Å². The molecule has 0 aliphatic carbocycles. The molecule has 0 spiro atoms. The molecule has 0 saturated heterocycles. The van der Waals surface area contributed by atoms with E-state index in [1.807, 2.05) is 0 Å². The molecule has 0 atom stereocenters. The van der Waals surface area contributed by atoms with Crippen molar-refractivity contribution in [3.05, 3.63) is 0 Å². The fraction of sp³-hybridized carbons (Fsp3) is 0.867. The predicted molar refractivity (Wildman–Crippen MR) is 93.1 cm³/mol. The quantitative estimate of drug-likeness (QED) is 0.306. The molecular weight excluding hydrogens is 290 g/mol. The first-order valence-corrected chi connectivity index (χ1v) is 7.75. The second kappa shape index (κ2) is 21.3. The van der Waals surface area contributed by atoms with Crippen LogP contribution in [0.3, 0.4) is 0 Å². The summed E-state index contributed by atoms with van der Waals surface area (Å²) in [5.74, 6) is -0.615. The molecule has 0 aliphatic rings. The summed E-state index contributed by atoms with van der Waals surface area (Å²) in [5, 5.41) is 7.42. The van der Waals surface area contributed by atoms with E-state index in [0.717, 1.165) is 19.9 Å². The molecule has 0 aliphatic heterocycles. The number of carbonyl (C=O) groups is 1. The Bertz CT molecular complexity index is 241. The van der Waals surface area contributed by atoms with Crippen LogP contribution in [0.1, 0.15) is 78.1 Å². The van der Waals surface area contributed by atoms with E-state index in [2.05, 4.69) is 11.9 Å². The fourth-order valence-corrected chi connectivity index (χ4v) is 1.81. The Morgan fingerprint density at radius 3 is 1.57 bits per heavy atom. The van der Waals surface area contributed by atoms with Crippen LogP contribution >= 0.6 is 12.4 Å². The van der Waals surface area contributed by atoms with E-state index >= 15 is 0 Å². The topological polar surface area (TPSA) is 102 Å². The summed E-state index contributed by atoms with van der Waals surface area (Å²) >= 11 is 0. The maximum atomic E-state index is 9.00. The molecule has 0 heterocycles. The smallest absolute Gasteiger partial charge is 0.300 e. The summed E-state index contributed by atoms with van der Waals surface area (Å²) in [6.45, 7) is 4.13. The largest absolute Gasteiger partial charge is 0.481 e. The minimum absolute atomic E-state index is 0. The van der Waals surface area contributed by atoms with Gasteiger partial charge in [0.1, 0.15) is 0 Å². The van der Waals surface area contributed by atoms with Gasteiger partial charge in [0, 0.05) is 13.5 Å². The van der Waals surface area contributed by atoms with E-state index in [-0.39, 0.29) is 18.4 Å². The zero-order valence-corrected chi connectivity index (χ0v) is 14.5. The minimum Gasteiger partial charge on any atom is -0.481 e. The van der Waals surface area contributed by atoms with E-state index in [1.54, 1.807) is 0 Å². The van der Waals surface area contributed by atoms with Crippen LogP contribution in [0.25, 0.3) is 0 Å². The molecule has 0 aromatic carbocycles. The van der Waals surface area contributed by atoms with Gasteiger partial charge in [-0.1, -0.05) is 64.7 Å². The number of nitrogens with two attached hydrogens (primary N) is 2. The Morgan fingerprint density at radius 2 is 1.24 bits per heavy atom. The lowest BCUT2D eigenvalue weighted by atomic mass is 10.1. The van der Waals surface area contributed by atoms with Crippen molar-refractivity contribution < 1.29 is 9.90 Å². The van der Waals surface area contributed by atoms with Gasteiger partial charge in [-0.25, -0.2) is 0 Å². The van der Waals surface area contributed by atoms with Gasteiger partial charge in [0.05, 0.1) is 0 Å². The fourth-order valence-electron chi connectivity index (χ4n) is 1.81. The second-order valence-corrected chi connectivity index (χ2v) is 5.01. The highest BCUT2D eigenvalue weighted by Gasteiger charge is 1.92. The van der Waals surface area contributed by atoms with Crippen LogP contribution < -0.4 is 11.5 Å². The van der Waals surface area contributed by atoms with Gasteiger partial charge in [0.2, 0.25) is 0 Å². The highest BCUT2D eigenvalue weighted by atomic mass is 35.5. The molecule has 0 rings (SSSR count). The van der Waals surface area contributed by atoms with Gasteiger partial charge in [0.25, 0.3) is 5.97 Å². The Labute approximate surface area is 136 Å². The molecular formula is C15H34ClN3O2. The van der Waals surface area contributed by atoms with Crippen molar-refractivity contribution in [2.75, 3.05) is 6.54 Å². The average molecular weight is 324 g/mol. The molecule has 0 aromatic rings. The summed E-state index contributed by atoms with van der Waals surface area (Å²) in [6.07, 6.45) is 13.5. The Balaban J connectivity index is -0.000000572. The standard InChI is InChI=1S/C13H29N3.C2H4O2.ClH/c1-2-3-4-5-6-7-8-9-10-11-12-16-13(14)15;1-2(3)4;/h2-12H2,1H3,(H4,14,15,16);1H3,(H,3,4);1H. The Morgan fingerprint density at radius 1 is 0.905 bits per heavy atom. The first kappa shape index (κ1) is 25.0. The summed E-state index contributed by atoms with van der Waals surface area (Å²) < 4.78 is 0. The van der Waals surface area contributed by atoms with E-state index in [9.17, 15) is 0 Å². The number of carboxylic acids is 1. The van der Waals surface area contributed by atoms with Crippen molar-refractivity contribution in [1.82, 2.24) is 0 Å². The summed E-state index contributed by atoms with van der Waals surface area (Å²) in [5.41, 5.74) is 10.5. The zero-order valence-electron chi connectivity index (χ0n) is 13.6. The molecule has 21 heavy (non-hydrogen) atoms. The van der Waals surface area contributed by atoms with E-state index in [4.69, 9.17) is 21.4 Å². The Hall–Kier alpha value is -0.970. The van der Waals surface area contributed by atoms with Crippen molar-refractivity contribution in [1.29, 1.82) is 0 Å². The Kier molecular flexibility index (Phi) is 25.4. The molecule has 0 aromatic heterocycles. The van der Waals surface area contributed by atoms with Crippen molar-refractivity contribution in [3.8, 4) is 0 Å². The lowest BCUT2D eigenvalue weighted by Gasteiger charge is -2.01. The molecule has 5 N–H and O–H groups in total. The number of guanidine groups is 1. The van der Waals surface area contributed by atoms with Crippen LogP contribution in [-0.4, -0.2) is 23.6 Å². The summed E-state index contributed by atoms with van der Waals surface area (Å²) in [4.78, 5) is 13.0. The van der Waals surface area contributed by atoms with Crippen LogP contribution in [0.2, 0.25) is 0 Å². The number of hydrogen-bond acceptors (Lipinski definition) is 2. The summed E-state index contributed by atoms with van der Waals surface area (Å²) in [6, 6.07) is 0. The molecule has 0 amide bonds. The lowest BCUT2D eigenvalue weighted by Crippen LogP contribution is -2.22. The normalized spacial score (nSPS) is 9.05. The van der Waals surface area contributed by atoms with Crippen molar-refractivity contribution in [2.45, 2.75) is 78.1 Å². The van der Waals surface area contributed by atoms with Gasteiger partial charge in [-0.3, -0.25) is 9.79 Å². The van der Waals surface area contributed by atoms with Crippen LogP contribution in [0.4, 0.5) is 0 Å². The molecule has 0 fully saturated rings. The molecule has 0 bridgehead atoms. The maximum absolute atomic E-state index is 9.00. The first-order chi connectivity index (χ1) is 9.50. The monoisotopic (exact) mass is 323 g/mol. The lowest BCUT2D eigenvalue weighted by molar-refractivity contribution is -0.134. The van der Waals surface area contributed by atoms with Crippen molar-refractivity contribution in [3.63, 3.8) is 0 Å². The highest BCUT2D eigenvalue weighted by molar-refractivity contribution is 5.85. The van der Waals surface area contributed by atoms with Gasteiger partial charge in [0.15, 0.2) is 5.96 Å². The van der Waals surface area contributed by atoms with Crippen molar-refractivity contribution >= 4 is 24.3 Å². The SMILES string of the molecule is CC(=O)O.CCCCCCCCCCCCN=C(N)N.Cl. The minimum atomic E-state index is -0.833. The zero-order chi connectivity index (χ0) is 15.6. The van der Waals surface area contributed by atoms with Crippen LogP contribution in [0.15, 0.2) is 4.99 Å². The number of halogens is 1. The predicted octanol–water partition coefficient (Wildman–Crippen LogP) is 3.69. The molecule has 0 unspecified atom stereocenters. The van der Waals surface area contributed by atoms with Gasteiger partial charge in [-0.05, 0) is 6.42 Å². The first-order valence-electron chi connectivity index (χ1n) is 7.75. The van der Waals surface area contributed by atoms with E-state index in [1.165, 1.54) is 57.8 Å². The number of aliphatic carboxylic acids is 1. The van der Waals surface area contributed by atoms with Crippen LogP contribution in [-0.2, 0) is 4.79 Å². The number of aliphatic imine (C=N–C) groups is 1. The van der Waals surface area contributed by atoms with Crippen LogP contribution in [0, 0.1) is 0 Å². The molecule has 5 nitrogen and oxygen atoms in total.